The Morgan fingerprint density at radius 1 is 0.750 bits per heavy atom. The molecule has 6 N–H and O–H groups in total. The Bertz CT molecular complexity index is 1090. The smallest absolute Gasteiger partial charge is 0.123 e. The van der Waals surface area contributed by atoms with E-state index < -0.39 is 0 Å². The Balaban J connectivity index is 0.000000913. The molecule has 0 amide bonds. The van der Waals surface area contributed by atoms with E-state index in [4.69, 9.17) is 11.5 Å². The second kappa shape index (κ2) is 10.9. The average molecular weight is 431 g/mol. The summed E-state index contributed by atoms with van der Waals surface area (Å²) in [7, 11) is 0. The summed E-state index contributed by atoms with van der Waals surface area (Å²) in [6.45, 7) is 8.85. The zero-order valence-electron chi connectivity index (χ0n) is 19.4. The van der Waals surface area contributed by atoms with Gasteiger partial charge >= 0.3 is 0 Å². The predicted molar refractivity (Wildman–Crippen MR) is 133 cm³/mol. The summed E-state index contributed by atoms with van der Waals surface area (Å²) >= 11 is 0. The first kappa shape index (κ1) is 23.4. The molecule has 0 aliphatic carbocycles. The fourth-order valence-electron chi connectivity index (χ4n) is 3.27. The number of aromatic amines is 2. The lowest BCUT2D eigenvalue weighted by molar-refractivity contribution is 0.494. The highest BCUT2D eigenvalue weighted by Gasteiger charge is 2.14. The van der Waals surface area contributed by atoms with Gasteiger partial charge in [0, 0.05) is 0 Å². The van der Waals surface area contributed by atoms with Crippen molar-refractivity contribution in [2.45, 2.75) is 46.7 Å². The van der Waals surface area contributed by atoms with Crippen LogP contribution in [0.5, 0.6) is 0 Å². The van der Waals surface area contributed by atoms with Crippen molar-refractivity contribution in [1.29, 1.82) is 0 Å². The maximum atomic E-state index is 6.19. The van der Waals surface area contributed by atoms with Gasteiger partial charge in [-0.3, -0.25) is 0 Å². The first-order chi connectivity index (χ1) is 15.5. The molecule has 0 aliphatic rings. The topological polar surface area (TPSA) is 109 Å². The van der Waals surface area contributed by atoms with Gasteiger partial charge in [0.05, 0.1) is 36.4 Å². The van der Waals surface area contributed by atoms with Crippen LogP contribution in [0.3, 0.4) is 0 Å². The van der Waals surface area contributed by atoms with E-state index in [2.05, 4.69) is 96.2 Å². The molecule has 0 saturated carbocycles. The molecule has 0 aliphatic heterocycles. The fourth-order valence-corrected chi connectivity index (χ4v) is 3.27. The third-order valence-corrected chi connectivity index (χ3v) is 5.18. The van der Waals surface area contributed by atoms with Crippen molar-refractivity contribution in [3.05, 3.63) is 72.6 Å². The van der Waals surface area contributed by atoms with Gasteiger partial charge in [-0.05, 0) is 28.2 Å². The van der Waals surface area contributed by atoms with Crippen molar-refractivity contribution in [2.75, 3.05) is 0 Å². The molecule has 0 fully saturated rings. The first-order valence-corrected chi connectivity index (χ1v) is 11.2. The van der Waals surface area contributed by atoms with Crippen LogP contribution in [0.1, 0.15) is 51.8 Å². The van der Waals surface area contributed by atoms with Gasteiger partial charge < -0.3 is 21.4 Å². The number of benzene rings is 2. The number of nitrogens with one attached hydrogen (secondary N) is 2. The zero-order valence-corrected chi connectivity index (χ0v) is 19.4. The Kier molecular flexibility index (Phi) is 7.98. The number of rotatable bonds is 6. The molecule has 4 aromatic rings. The zero-order chi connectivity index (χ0) is 23.1. The van der Waals surface area contributed by atoms with Gasteiger partial charge in [-0.15, -0.1) is 0 Å². The number of hydrogen-bond acceptors (Lipinski definition) is 4. The third kappa shape index (κ3) is 5.52. The molecule has 32 heavy (non-hydrogen) atoms. The summed E-state index contributed by atoms with van der Waals surface area (Å²) in [4.78, 5) is 15.3. The molecule has 2 heterocycles. The number of H-pyrrole nitrogens is 2. The molecule has 1 unspecified atom stereocenters. The molecular weight excluding hydrogens is 396 g/mol. The van der Waals surface area contributed by atoms with Crippen LogP contribution in [-0.2, 0) is 6.54 Å². The lowest BCUT2D eigenvalue weighted by Gasteiger charge is -2.12. The molecular formula is C26H34N6. The highest BCUT2D eigenvalue weighted by molar-refractivity contribution is 5.71. The van der Waals surface area contributed by atoms with E-state index in [9.17, 15) is 0 Å². The summed E-state index contributed by atoms with van der Waals surface area (Å²) in [6, 6.07) is 16.8. The second-order valence-corrected chi connectivity index (χ2v) is 8.26. The molecule has 0 saturated heterocycles. The third-order valence-electron chi connectivity index (χ3n) is 5.18. The molecule has 0 bridgehead atoms. The molecule has 6 heteroatoms. The molecule has 0 spiro atoms. The van der Waals surface area contributed by atoms with Crippen LogP contribution in [-0.4, -0.2) is 19.9 Å². The minimum absolute atomic E-state index is 0.0858. The average Bonchev–Trinajstić information content (AvgIpc) is 3.49. The standard InChI is InChI=1S/C23H26N6.C3H8/c1-14(2)22(25)23-27-13-20(29-23)18-9-5-16(6-10-18)15-3-7-17(8-4-15)19-12-26-21(11-24)28-19;1-3-2/h3-10,12-14,22H,11,24-25H2,1-2H3,(H,26,28)(H,27,29);3H2,1-2H3. The number of nitrogens with two attached hydrogens (primary N) is 2. The van der Waals surface area contributed by atoms with E-state index >= 15 is 0 Å². The molecule has 6 nitrogen and oxygen atoms in total. The van der Waals surface area contributed by atoms with Crippen LogP contribution in [0.4, 0.5) is 0 Å². The summed E-state index contributed by atoms with van der Waals surface area (Å²) < 4.78 is 0. The maximum absolute atomic E-state index is 6.19. The molecule has 1 atom stereocenters. The Hall–Kier alpha value is -3.22. The van der Waals surface area contributed by atoms with Crippen molar-refractivity contribution < 1.29 is 0 Å². The summed E-state index contributed by atoms with van der Waals surface area (Å²) in [5.41, 5.74) is 18.3. The van der Waals surface area contributed by atoms with E-state index in [0.29, 0.717) is 12.5 Å². The van der Waals surface area contributed by atoms with Gasteiger partial charge in [0.2, 0.25) is 0 Å². The largest absolute Gasteiger partial charge is 0.341 e. The lowest BCUT2D eigenvalue weighted by atomic mass is 10.0. The van der Waals surface area contributed by atoms with Crippen LogP contribution in [0, 0.1) is 5.92 Å². The normalized spacial score (nSPS) is 11.8. The number of nitrogens with zero attached hydrogens (tertiary/aromatic N) is 2. The van der Waals surface area contributed by atoms with Gasteiger partial charge in [0.1, 0.15) is 11.6 Å². The van der Waals surface area contributed by atoms with E-state index in [1.165, 1.54) is 6.42 Å². The van der Waals surface area contributed by atoms with Crippen molar-refractivity contribution in [3.8, 4) is 33.6 Å². The quantitative estimate of drug-likeness (QED) is 0.316. The highest BCUT2D eigenvalue weighted by atomic mass is 15.0. The predicted octanol–water partition coefficient (Wildman–Crippen LogP) is 5.66. The van der Waals surface area contributed by atoms with Crippen LogP contribution in [0.25, 0.3) is 33.6 Å². The minimum Gasteiger partial charge on any atom is -0.341 e. The monoisotopic (exact) mass is 430 g/mol. The van der Waals surface area contributed by atoms with Crippen LogP contribution >= 0.6 is 0 Å². The van der Waals surface area contributed by atoms with E-state index in [-0.39, 0.29) is 6.04 Å². The fraction of sp³-hybridized carbons (Fsp3) is 0.308. The van der Waals surface area contributed by atoms with Crippen molar-refractivity contribution in [1.82, 2.24) is 19.9 Å². The molecule has 168 valence electrons. The SMILES string of the molecule is CC(C)C(N)c1ncc(-c2ccc(-c3ccc(-c4cnc(CN)[nH]4)cc3)cc2)[nH]1.CCC. The van der Waals surface area contributed by atoms with Gasteiger partial charge in [-0.2, -0.15) is 0 Å². The van der Waals surface area contributed by atoms with Crippen molar-refractivity contribution in [2.24, 2.45) is 17.4 Å². The maximum Gasteiger partial charge on any atom is 0.123 e. The molecule has 2 aromatic carbocycles. The van der Waals surface area contributed by atoms with Crippen molar-refractivity contribution in [3.63, 3.8) is 0 Å². The summed E-state index contributed by atoms with van der Waals surface area (Å²) in [6.07, 6.45) is 4.91. The number of hydrogen-bond donors (Lipinski definition) is 4. The Labute approximate surface area is 190 Å². The van der Waals surface area contributed by atoms with E-state index in [1.807, 2.05) is 12.4 Å². The Morgan fingerprint density at radius 2 is 1.19 bits per heavy atom. The van der Waals surface area contributed by atoms with Crippen LogP contribution < -0.4 is 11.5 Å². The van der Waals surface area contributed by atoms with Crippen LogP contribution in [0.15, 0.2) is 60.9 Å². The second-order valence-electron chi connectivity index (χ2n) is 8.26. The lowest BCUT2D eigenvalue weighted by Crippen LogP contribution is -2.18. The van der Waals surface area contributed by atoms with E-state index in [0.717, 1.165) is 45.3 Å². The summed E-state index contributed by atoms with van der Waals surface area (Å²) in [5.74, 6) is 1.95. The number of imidazole rings is 2. The molecule has 4 rings (SSSR count). The highest BCUT2D eigenvalue weighted by Crippen LogP contribution is 2.27. The number of aromatic nitrogens is 4. The summed E-state index contributed by atoms with van der Waals surface area (Å²) in [5, 5.41) is 0. The van der Waals surface area contributed by atoms with Gasteiger partial charge in [0.25, 0.3) is 0 Å². The molecule has 0 radical (unpaired) electrons. The van der Waals surface area contributed by atoms with Crippen LogP contribution in [0.2, 0.25) is 0 Å². The minimum atomic E-state index is -0.0858. The van der Waals surface area contributed by atoms with Crippen molar-refractivity contribution >= 4 is 0 Å². The first-order valence-electron chi connectivity index (χ1n) is 11.2. The van der Waals surface area contributed by atoms with Gasteiger partial charge in [-0.25, -0.2) is 9.97 Å². The van der Waals surface area contributed by atoms with Gasteiger partial charge in [-0.1, -0.05) is 82.6 Å². The Morgan fingerprint density at radius 3 is 1.62 bits per heavy atom. The van der Waals surface area contributed by atoms with Gasteiger partial charge in [0.15, 0.2) is 0 Å². The molecule has 2 aromatic heterocycles. The van der Waals surface area contributed by atoms with E-state index in [1.54, 1.807) is 0 Å².